The number of nitrogens with zero attached hydrogens (tertiary/aromatic N) is 1. The number of rotatable bonds is 3. The van der Waals surface area contributed by atoms with Crippen molar-refractivity contribution in [2.75, 3.05) is 5.32 Å². The monoisotopic (exact) mass is 310 g/mol. The standard InChI is InChI=1S/C13H8Cl2N2O3/c14-10-5-4-9(11(15)17-10)12(18)16-8-3-1-2-7(6-8)13(19)20/h1-6H,(H,16,18)(H,19,20). The average molecular weight is 311 g/mol. The van der Waals surface area contributed by atoms with Gasteiger partial charge >= 0.3 is 5.97 Å². The number of halogens is 2. The van der Waals surface area contributed by atoms with Gasteiger partial charge in [-0.15, -0.1) is 0 Å². The Kier molecular flexibility index (Phi) is 4.22. The minimum Gasteiger partial charge on any atom is -0.478 e. The molecule has 2 rings (SSSR count). The van der Waals surface area contributed by atoms with Gasteiger partial charge in [0.05, 0.1) is 11.1 Å². The average Bonchev–Trinajstić information content (AvgIpc) is 2.38. The minimum atomic E-state index is -1.08. The summed E-state index contributed by atoms with van der Waals surface area (Å²) in [6, 6.07) is 8.75. The second-order valence-electron chi connectivity index (χ2n) is 3.81. The van der Waals surface area contributed by atoms with E-state index in [0.29, 0.717) is 5.69 Å². The van der Waals surface area contributed by atoms with E-state index in [1.165, 1.54) is 30.3 Å². The van der Waals surface area contributed by atoms with Crippen molar-refractivity contribution in [3.8, 4) is 0 Å². The van der Waals surface area contributed by atoms with Crippen molar-refractivity contribution < 1.29 is 14.7 Å². The molecule has 0 spiro atoms. The smallest absolute Gasteiger partial charge is 0.335 e. The Balaban J connectivity index is 2.23. The third-order valence-corrected chi connectivity index (χ3v) is 2.93. The fourth-order valence-corrected chi connectivity index (χ4v) is 1.94. The minimum absolute atomic E-state index is 0.0237. The Morgan fingerprint density at radius 1 is 1.15 bits per heavy atom. The predicted molar refractivity (Wildman–Crippen MR) is 75.6 cm³/mol. The summed E-state index contributed by atoms with van der Waals surface area (Å²) in [5.41, 5.74) is 0.570. The van der Waals surface area contributed by atoms with Crippen molar-refractivity contribution in [2.45, 2.75) is 0 Å². The number of pyridine rings is 1. The van der Waals surface area contributed by atoms with E-state index in [-0.39, 0.29) is 21.4 Å². The Hall–Kier alpha value is -2.11. The highest BCUT2D eigenvalue weighted by molar-refractivity contribution is 6.35. The quantitative estimate of drug-likeness (QED) is 0.852. The van der Waals surface area contributed by atoms with Crippen molar-refractivity contribution in [2.24, 2.45) is 0 Å². The van der Waals surface area contributed by atoms with Gasteiger partial charge in [0.2, 0.25) is 0 Å². The van der Waals surface area contributed by atoms with Crippen molar-refractivity contribution in [3.05, 3.63) is 57.8 Å². The van der Waals surface area contributed by atoms with E-state index in [9.17, 15) is 9.59 Å². The first kappa shape index (κ1) is 14.3. The summed E-state index contributed by atoms with van der Waals surface area (Å²) in [4.78, 5) is 26.6. The van der Waals surface area contributed by atoms with E-state index in [0.717, 1.165) is 0 Å². The molecule has 0 unspecified atom stereocenters. The fraction of sp³-hybridized carbons (Fsp3) is 0. The van der Waals surface area contributed by atoms with Crippen molar-refractivity contribution >= 4 is 40.8 Å². The van der Waals surface area contributed by atoms with Gasteiger partial charge in [-0.25, -0.2) is 9.78 Å². The summed E-state index contributed by atoms with van der Waals surface area (Å²) in [7, 11) is 0. The third kappa shape index (κ3) is 3.26. The molecule has 0 aliphatic rings. The zero-order valence-corrected chi connectivity index (χ0v) is 11.4. The number of hydrogen-bond donors (Lipinski definition) is 2. The zero-order chi connectivity index (χ0) is 14.7. The maximum Gasteiger partial charge on any atom is 0.335 e. The Labute approximate surface area is 124 Å². The van der Waals surface area contributed by atoms with Gasteiger partial charge in [-0.1, -0.05) is 29.3 Å². The number of amides is 1. The molecular formula is C13H8Cl2N2O3. The summed E-state index contributed by atoms with van der Waals surface area (Å²) < 4.78 is 0. The number of hydrogen-bond acceptors (Lipinski definition) is 3. The number of aromatic carboxylic acids is 1. The second kappa shape index (κ2) is 5.90. The molecule has 1 aromatic carbocycles. The topological polar surface area (TPSA) is 79.3 Å². The first-order valence-electron chi connectivity index (χ1n) is 5.44. The van der Waals surface area contributed by atoms with Crippen molar-refractivity contribution in [1.82, 2.24) is 4.98 Å². The molecule has 0 saturated heterocycles. The van der Waals surface area contributed by atoms with Crippen LogP contribution in [-0.2, 0) is 0 Å². The fourth-order valence-electron chi connectivity index (χ4n) is 1.51. The normalized spacial score (nSPS) is 10.1. The number of carbonyl (C=O) groups is 2. The molecule has 1 heterocycles. The molecule has 1 aromatic heterocycles. The predicted octanol–water partition coefficient (Wildman–Crippen LogP) is 3.34. The Morgan fingerprint density at radius 2 is 1.90 bits per heavy atom. The lowest BCUT2D eigenvalue weighted by atomic mass is 10.2. The Morgan fingerprint density at radius 3 is 2.55 bits per heavy atom. The molecule has 0 fully saturated rings. The van der Waals surface area contributed by atoms with Crippen molar-refractivity contribution in [1.29, 1.82) is 0 Å². The number of anilines is 1. The number of carbonyl (C=O) groups excluding carboxylic acids is 1. The number of aromatic nitrogens is 1. The van der Waals surface area contributed by atoms with Gasteiger partial charge in [0.25, 0.3) is 5.91 Å². The number of carboxylic acid groups (broad SMARTS) is 1. The molecule has 0 aliphatic heterocycles. The van der Waals surface area contributed by atoms with Crippen LogP contribution in [0.5, 0.6) is 0 Å². The van der Waals surface area contributed by atoms with Crippen LogP contribution in [0.2, 0.25) is 10.3 Å². The maximum absolute atomic E-state index is 12.0. The van der Waals surface area contributed by atoms with E-state index in [1.54, 1.807) is 6.07 Å². The maximum atomic E-state index is 12.0. The molecule has 5 nitrogen and oxygen atoms in total. The first-order valence-corrected chi connectivity index (χ1v) is 6.20. The molecule has 0 aliphatic carbocycles. The van der Waals surface area contributed by atoms with Crippen LogP contribution in [0.25, 0.3) is 0 Å². The van der Waals surface area contributed by atoms with E-state index in [1.807, 2.05) is 0 Å². The molecule has 0 saturated carbocycles. The molecule has 2 N–H and O–H groups in total. The number of carboxylic acids is 1. The molecule has 20 heavy (non-hydrogen) atoms. The lowest BCUT2D eigenvalue weighted by Crippen LogP contribution is -2.13. The van der Waals surface area contributed by atoms with Crippen molar-refractivity contribution in [3.63, 3.8) is 0 Å². The number of benzene rings is 1. The van der Waals surface area contributed by atoms with Crippen LogP contribution >= 0.6 is 23.2 Å². The van der Waals surface area contributed by atoms with Gasteiger partial charge in [-0.2, -0.15) is 0 Å². The summed E-state index contributed by atoms with van der Waals surface area (Å²) in [6.45, 7) is 0. The molecule has 1 amide bonds. The molecule has 7 heteroatoms. The third-order valence-electron chi connectivity index (χ3n) is 2.43. The molecule has 2 aromatic rings. The first-order chi connectivity index (χ1) is 9.47. The molecule has 0 atom stereocenters. The van der Waals surface area contributed by atoms with Gasteiger partial charge in [0.1, 0.15) is 10.3 Å². The van der Waals surface area contributed by atoms with E-state index in [2.05, 4.69) is 10.3 Å². The van der Waals surface area contributed by atoms with Crippen LogP contribution in [0, 0.1) is 0 Å². The highest BCUT2D eigenvalue weighted by Gasteiger charge is 2.13. The summed E-state index contributed by atoms with van der Waals surface area (Å²) in [5, 5.41) is 11.6. The van der Waals surface area contributed by atoms with Gasteiger partial charge in [0.15, 0.2) is 0 Å². The molecule has 102 valence electrons. The van der Waals surface area contributed by atoms with Crippen LogP contribution in [0.1, 0.15) is 20.7 Å². The highest BCUT2D eigenvalue weighted by Crippen LogP contribution is 2.19. The van der Waals surface area contributed by atoms with Crippen LogP contribution < -0.4 is 5.32 Å². The van der Waals surface area contributed by atoms with Gasteiger partial charge in [-0.3, -0.25) is 4.79 Å². The van der Waals surface area contributed by atoms with Gasteiger partial charge in [-0.05, 0) is 30.3 Å². The van der Waals surface area contributed by atoms with E-state index < -0.39 is 11.9 Å². The zero-order valence-electron chi connectivity index (χ0n) is 9.93. The summed E-state index contributed by atoms with van der Waals surface area (Å²) in [5.74, 6) is -1.58. The highest BCUT2D eigenvalue weighted by atomic mass is 35.5. The summed E-state index contributed by atoms with van der Waals surface area (Å²) in [6.07, 6.45) is 0. The van der Waals surface area contributed by atoms with E-state index in [4.69, 9.17) is 28.3 Å². The van der Waals surface area contributed by atoms with Gasteiger partial charge in [0, 0.05) is 5.69 Å². The molecular weight excluding hydrogens is 303 g/mol. The number of nitrogens with one attached hydrogen (secondary N) is 1. The SMILES string of the molecule is O=C(O)c1cccc(NC(=O)c2ccc(Cl)nc2Cl)c1. The summed E-state index contributed by atoms with van der Waals surface area (Å²) >= 11 is 11.5. The second-order valence-corrected chi connectivity index (χ2v) is 4.56. The largest absolute Gasteiger partial charge is 0.478 e. The lowest BCUT2D eigenvalue weighted by molar-refractivity contribution is 0.0696. The Bertz CT molecular complexity index is 689. The van der Waals surface area contributed by atoms with Gasteiger partial charge < -0.3 is 10.4 Å². The van der Waals surface area contributed by atoms with E-state index >= 15 is 0 Å². The van der Waals surface area contributed by atoms with Crippen LogP contribution in [0.4, 0.5) is 5.69 Å². The van der Waals surface area contributed by atoms with Crippen LogP contribution in [0.15, 0.2) is 36.4 Å². The molecule has 0 bridgehead atoms. The molecule has 0 radical (unpaired) electrons. The van der Waals surface area contributed by atoms with Crippen LogP contribution in [0.3, 0.4) is 0 Å². The van der Waals surface area contributed by atoms with Crippen LogP contribution in [-0.4, -0.2) is 22.0 Å². The lowest BCUT2D eigenvalue weighted by Gasteiger charge is -2.07.